The van der Waals surface area contributed by atoms with Gasteiger partial charge in [-0.05, 0) is 17.8 Å². The molecule has 0 heterocycles. The van der Waals surface area contributed by atoms with Crippen LogP contribution in [0.25, 0.3) is 0 Å². The largest absolute Gasteiger partial charge is 0.691 e. The summed E-state index contributed by atoms with van der Waals surface area (Å²) >= 11 is 0.470. The molecular weight excluding hydrogens is 352 g/mol. The van der Waals surface area contributed by atoms with Crippen molar-refractivity contribution in [2.24, 2.45) is 0 Å². The summed E-state index contributed by atoms with van der Waals surface area (Å²) < 4.78 is 4.39. The molecule has 0 atom stereocenters. The van der Waals surface area contributed by atoms with Crippen LogP contribution in [0.4, 0.5) is 11.4 Å². The van der Waals surface area contributed by atoms with Crippen molar-refractivity contribution in [3.05, 3.63) is 36.9 Å². The maximum Gasteiger partial charge on any atom is 0.284 e. The predicted molar refractivity (Wildman–Crippen MR) is 90.0 cm³/mol. The first-order chi connectivity index (χ1) is 11.6. The Balaban J connectivity index is 4.17. The summed E-state index contributed by atoms with van der Waals surface area (Å²) in [5, 5.41) is 37.2. The van der Waals surface area contributed by atoms with Gasteiger partial charge in [-0.2, -0.15) is 4.33 Å². The fourth-order valence-electron chi connectivity index (χ4n) is 2.91. The van der Waals surface area contributed by atoms with E-state index >= 15 is 0 Å². The van der Waals surface area contributed by atoms with E-state index < -0.39 is 15.8 Å². The molecule has 0 bridgehead atoms. The average molecular weight is 373 g/mol. The number of hydrogen-bond donors (Lipinski definition) is 0. The van der Waals surface area contributed by atoms with Crippen molar-refractivity contribution >= 4 is 23.4 Å². The standard InChI is InChI=1S/C15H22N2O7S/c1-7(2)10-13(16(18)19)11(8(3)4)15(25-24-23-22)12(9(5)6)14(10)17(20)21/h7-9,22H,1-6H3/p-1. The van der Waals surface area contributed by atoms with Crippen molar-refractivity contribution in [2.75, 3.05) is 0 Å². The van der Waals surface area contributed by atoms with Crippen LogP contribution in [0.2, 0.25) is 0 Å². The van der Waals surface area contributed by atoms with Gasteiger partial charge >= 0.3 is 0 Å². The maximum atomic E-state index is 11.8. The highest BCUT2D eigenvalue weighted by Gasteiger charge is 2.39. The van der Waals surface area contributed by atoms with Gasteiger partial charge < -0.3 is 5.26 Å². The second-order valence-corrected chi connectivity index (χ2v) is 7.18. The van der Waals surface area contributed by atoms with Gasteiger partial charge in [0.2, 0.25) is 0 Å². The predicted octanol–water partition coefficient (Wildman–Crippen LogP) is 4.10. The Kier molecular flexibility index (Phi) is 7.29. The van der Waals surface area contributed by atoms with Crippen LogP contribution in [0.1, 0.15) is 76.0 Å². The zero-order valence-electron chi connectivity index (χ0n) is 14.9. The molecular formula is C15H21N2O7S-. The van der Waals surface area contributed by atoms with Crippen LogP contribution < -0.4 is 5.26 Å². The first kappa shape index (κ1) is 21.3. The molecule has 0 aliphatic carbocycles. The lowest BCUT2D eigenvalue weighted by Gasteiger charge is -2.22. The van der Waals surface area contributed by atoms with Crippen LogP contribution >= 0.6 is 12.0 Å². The van der Waals surface area contributed by atoms with Crippen LogP contribution in [0.5, 0.6) is 0 Å². The van der Waals surface area contributed by atoms with Gasteiger partial charge in [0.25, 0.3) is 11.4 Å². The van der Waals surface area contributed by atoms with E-state index in [1.54, 1.807) is 41.5 Å². The lowest BCUT2D eigenvalue weighted by atomic mass is 9.85. The molecule has 0 spiro atoms. The van der Waals surface area contributed by atoms with Gasteiger partial charge in [-0.15, -0.1) is 0 Å². The van der Waals surface area contributed by atoms with Crippen LogP contribution in [0.15, 0.2) is 4.90 Å². The summed E-state index contributed by atoms with van der Waals surface area (Å²) in [6.07, 6.45) is 0. The number of nitro benzene ring substituents is 2. The first-order valence-corrected chi connectivity index (χ1v) is 8.45. The molecule has 0 N–H and O–H groups in total. The molecule has 0 amide bonds. The molecule has 0 saturated heterocycles. The van der Waals surface area contributed by atoms with E-state index in [1.165, 1.54) is 0 Å². The quantitative estimate of drug-likeness (QED) is 0.288. The SMILES string of the molecule is CC(C)c1c(SOO[O-])c(C(C)C)c([N+](=O)[O-])c(C(C)C)c1[N+](=O)[O-]. The van der Waals surface area contributed by atoms with Crippen molar-refractivity contribution in [2.45, 2.75) is 64.2 Å². The molecule has 0 fully saturated rings. The van der Waals surface area contributed by atoms with Crippen molar-refractivity contribution in [3.63, 3.8) is 0 Å². The second kappa shape index (κ2) is 8.56. The Morgan fingerprint density at radius 3 is 1.40 bits per heavy atom. The normalized spacial score (nSPS) is 11.6. The molecule has 0 unspecified atom stereocenters. The zero-order chi connectivity index (χ0) is 19.5. The molecule has 0 saturated carbocycles. The van der Waals surface area contributed by atoms with Crippen molar-refractivity contribution in [1.29, 1.82) is 0 Å². The van der Waals surface area contributed by atoms with Crippen molar-refractivity contribution in [3.8, 4) is 0 Å². The van der Waals surface area contributed by atoms with Gasteiger partial charge in [0.05, 0.1) is 26.8 Å². The first-order valence-electron chi connectivity index (χ1n) is 7.71. The molecule has 25 heavy (non-hydrogen) atoms. The highest BCUT2D eigenvalue weighted by Crippen LogP contribution is 2.50. The van der Waals surface area contributed by atoms with E-state index in [4.69, 9.17) is 0 Å². The van der Waals surface area contributed by atoms with Crippen LogP contribution in [-0.4, -0.2) is 9.85 Å². The minimum absolute atomic E-state index is 0.0785. The van der Waals surface area contributed by atoms with E-state index in [0.717, 1.165) is 0 Å². The minimum Gasteiger partial charge on any atom is -0.691 e. The zero-order valence-corrected chi connectivity index (χ0v) is 15.7. The number of benzene rings is 1. The topological polar surface area (TPSA) is 128 Å². The van der Waals surface area contributed by atoms with Gasteiger partial charge in [-0.25, -0.2) is 0 Å². The number of nitrogens with zero attached hydrogens (tertiary/aromatic N) is 2. The highest BCUT2D eigenvalue weighted by molar-refractivity contribution is 7.94. The van der Waals surface area contributed by atoms with Crippen LogP contribution in [-0.2, 0) is 9.37 Å². The van der Waals surface area contributed by atoms with Crippen molar-refractivity contribution < 1.29 is 24.5 Å². The van der Waals surface area contributed by atoms with E-state index in [0.29, 0.717) is 23.2 Å². The summed E-state index contributed by atoms with van der Waals surface area (Å²) in [6, 6.07) is 0. The average Bonchev–Trinajstić information content (AvgIpc) is 2.49. The van der Waals surface area contributed by atoms with Gasteiger partial charge in [0.15, 0.2) is 0 Å². The Labute approximate surface area is 149 Å². The smallest absolute Gasteiger partial charge is 0.284 e. The van der Waals surface area contributed by atoms with Gasteiger partial charge in [0.1, 0.15) is 5.56 Å². The lowest BCUT2D eigenvalue weighted by molar-refractivity contribution is -0.777. The molecule has 0 aromatic heterocycles. The summed E-state index contributed by atoms with van der Waals surface area (Å²) in [7, 11) is 0. The molecule has 0 aliphatic heterocycles. The fraction of sp³-hybridized carbons (Fsp3) is 0.600. The van der Waals surface area contributed by atoms with Crippen molar-refractivity contribution in [1.82, 2.24) is 0 Å². The fourth-order valence-corrected chi connectivity index (χ4v) is 3.85. The molecule has 0 aliphatic rings. The van der Waals surface area contributed by atoms with E-state index in [9.17, 15) is 25.5 Å². The van der Waals surface area contributed by atoms with E-state index in [2.05, 4.69) is 9.37 Å². The summed E-state index contributed by atoms with van der Waals surface area (Å²) in [5.41, 5.74) is 0.0566. The lowest BCUT2D eigenvalue weighted by Crippen LogP contribution is -2.13. The van der Waals surface area contributed by atoms with Gasteiger partial charge in [-0.1, -0.05) is 41.5 Å². The Morgan fingerprint density at radius 2 is 1.16 bits per heavy atom. The summed E-state index contributed by atoms with van der Waals surface area (Å²) in [5.74, 6) is -1.09. The van der Waals surface area contributed by atoms with Gasteiger partial charge in [0, 0.05) is 11.1 Å². The molecule has 1 rings (SSSR count). The third-order valence-corrected chi connectivity index (χ3v) is 4.48. The van der Waals surface area contributed by atoms with Crippen LogP contribution in [0, 0.1) is 20.2 Å². The molecule has 0 radical (unpaired) electrons. The molecule has 1 aromatic rings. The second-order valence-electron chi connectivity index (χ2n) is 6.47. The highest BCUT2D eigenvalue weighted by atomic mass is 32.2. The number of hydrogen-bond acceptors (Lipinski definition) is 8. The molecule has 10 heteroatoms. The Hall–Kier alpha value is -1.75. The molecule has 1 aromatic carbocycles. The monoisotopic (exact) mass is 373 g/mol. The third kappa shape index (κ3) is 4.27. The molecule has 9 nitrogen and oxygen atoms in total. The number of nitro groups is 2. The minimum atomic E-state index is -0.607. The molecule has 140 valence electrons. The number of rotatable bonds is 8. The van der Waals surface area contributed by atoms with E-state index in [1.807, 2.05) is 0 Å². The summed E-state index contributed by atoms with van der Waals surface area (Å²) in [6.45, 7) is 10.3. The third-order valence-electron chi connectivity index (χ3n) is 3.75. The van der Waals surface area contributed by atoms with E-state index in [-0.39, 0.29) is 33.7 Å². The Bertz CT molecular complexity index is 627. The Morgan fingerprint density at radius 1 is 0.800 bits per heavy atom. The van der Waals surface area contributed by atoms with Crippen LogP contribution in [0.3, 0.4) is 0 Å². The summed E-state index contributed by atoms with van der Waals surface area (Å²) in [4.78, 5) is 22.5. The van der Waals surface area contributed by atoms with Gasteiger partial charge in [-0.3, -0.25) is 25.3 Å². The maximum absolute atomic E-state index is 11.8.